The van der Waals surface area contributed by atoms with Gasteiger partial charge in [0.1, 0.15) is 4.90 Å². The molecule has 92 valence electrons. The standard InChI is InChI=1S/C13H11NO3S/c15-14(16)12-8-4-5-9-13(12)18-17-10-11-6-2-1-3-7-11/h1-9H,10H2. The van der Waals surface area contributed by atoms with Gasteiger partial charge in [-0.25, -0.2) is 0 Å². The average Bonchev–Trinajstić information content (AvgIpc) is 2.40. The molecular formula is C13H11NO3S. The van der Waals surface area contributed by atoms with Crippen LogP contribution >= 0.6 is 12.0 Å². The molecule has 0 aliphatic rings. The molecule has 0 bridgehead atoms. The van der Waals surface area contributed by atoms with E-state index in [-0.39, 0.29) is 5.69 Å². The Morgan fingerprint density at radius 1 is 1.06 bits per heavy atom. The summed E-state index contributed by atoms with van der Waals surface area (Å²) in [5.41, 5.74) is 1.10. The van der Waals surface area contributed by atoms with Gasteiger partial charge in [-0.3, -0.25) is 10.1 Å². The quantitative estimate of drug-likeness (QED) is 0.466. The Labute approximate surface area is 109 Å². The lowest BCUT2D eigenvalue weighted by atomic mass is 10.2. The molecule has 0 N–H and O–H groups in total. The van der Waals surface area contributed by atoms with Crippen molar-refractivity contribution in [1.82, 2.24) is 0 Å². The van der Waals surface area contributed by atoms with Crippen LogP contribution in [0.5, 0.6) is 0 Å². The number of nitro benzene ring substituents is 1. The molecule has 0 saturated heterocycles. The van der Waals surface area contributed by atoms with Crippen LogP contribution in [0.4, 0.5) is 5.69 Å². The Hall–Kier alpha value is -1.85. The lowest BCUT2D eigenvalue weighted by Crippen LogP contribution is -1.91. The fourth-order valence-corrected chi connectivity index (χ4v) is 2.10. The van der Waals surface area contributed by atoms with Crippen LogP contribution in [0.15, 0.2) is 59.5 Å². The highest BCUT2D eigenvalue weighted by molar-refractivity contribution is 7.94. The minimum absolute atomic E-state index is 0.0653. The van der Waals surface area contributed by atoms with Crippen LogP contribution in [0.3, 0.4) is 0 Å². The maximum Gasteiger partial charge on any atom is 0.285 e. The van der Waals surface area contributed by atoms with Gasteiger partial charge in [0.05, 0.1) is 11.5 Å². The van der Waals surface area contributed by atoms with E-state index >= 15 is 0 Å². The van der Waals surface area contributed by atoms with E-state index in [1.807, 2.05) is 30.3 Å². The number of hydrogen-bond donors (Lipinski definition) is 0. The van der Waals surface area contributed by atoms with Crippen LogP contribution in [0.2, 0.25) is 0 Å². The van der Waals surface area contributed by atoms with E-state index < -0.39 is 4.92 Å². The topological polar surface area (TPSA) is 52.4 Å². The highest BCUT2D eigenvalue weighted by atomic mass is 32.2. The molecule has 0 saturated carbocycles. The predicted octanol–water partition coefficient (Wildman–Crippen LogP) is 3.82. The van der Waals surface area contributed by atoms with Gasteiger partial charge >= 0.3 is 0 Å². The second-order valence-electron chi connectivity index (χ2n) is 3.56. The van der Waals surface area contributed by atoms with Crippen molar-refractivity contribution in [3.8, 4) is 0 Å². The van der Waals surface area contributed by atoms with Crippen molar-refractivity contribution in [2.75, 3.05) is 0 Å². The van der Waals surface area contributed by atoms with Gasteiger partial charge in [-0.05, 0) is 11.6 Å². The summed E-state index contributed by atoms with van der Waals surface area (Å²) in [6.45, 7) is 0.414. The molecule has 0 amide bonds. The SMILES string of the molecule is O=[N+]([O-])c1ccccc1SOCc1ccccc1. The first-order valence-corrected chi connectivity index (χ1v) is 6.08. The van der Waals surface area contributed by atoms with Crippen molar-refractivity contribution < 1.29 is 9.11 Å². The summed E-state index contributed by atoms with van der Waals surface area (Å²) >= 11 is 1.03. The van der Waals surface area contributed by atoms with Crippen LogP contribution in [-0.2, 0) is 10.8 Å². The number of rotatable bonds is 5. The fraction of sp³-hybridized carbons (Fsp3) is 0.0769. The Balaban J connectivity index is 1.97. The largest absolute Gasteiger partial charge is 0.305 e. The van der Waals surface area contributed by atoms with Crippen LogP contribution in [0, 0.1) is 10.1 Å². The Morgan fingerprint density at radius 2 is 1.72 bits per heavy atom. The molecule has 0 aliphatic carbocycles. The lowest BCUT2D eigenvalue weighted by molar-refractivity contribution is -0.387. The molecule has 2 aromatic rings. The molecule has 4 nitrogen and oxygen atoms in total. The third kappa shape index (κ3) is 3.32. The Bertz CT molecular complexity index is 531. The second kappa shape index (κ2) is 6.18. The van der Waals surface area contributed by atoms with Crippen molar-refractivity contribution in [1.29, 1.82) is 0 Å². The van der Waals surface area contributed by atoms with Gasteiger partial charge in [0.25, 0.3) is 5.69 Å². The Morgan fingerprint density at radius 3 is 2.44 bits per heavy atom. The van der Waals surface area contributed by atoms with Gasteiger partial charge in [-0.1, -0.05) is 42.5 Å². The van der Waals surface area contributed by atoms with Gasteiger partial charge in [0.2, 0.25) is 0 Å². The highest BCUT2D eigenvalue weighted by Gasteiger charge is 2.13. The molecule has 2 aromatic carbocycles. The number of para-hydroxylation sites is 1. The monoisotopic (exact) mass is 261 g/mol. The number of nitro groups is 1. The van der Waals surface area contributed by atoms with Gasteiger partial charge < -0.3 is 4.18 Å². The zero-order valence-corrected chi connectivity index (χ0v) is 10.3. The summed E-state index contributed by atoms with van der Waals surface area (Å²) in [4.78, 5) is 10.9. The zero-order chi connectivity index (χ0) is 12.8. The van der Waals surface area contributed by atoms with E-state index in [0.717, 1.165) is 17.6 Å². The maximum absolute atomic E-state index is 10.8. The summed E-state index contributed by atoms with van der Waals surface area (Å²) in [5.74, 6) is 0. The maximum atomic E-state index is 10.8. The van der Waals surface area contributed by atoms with Crippen molar-refractivity contribution in [2.45, 2.75) is 11.5 Å². The van der Waals surface area contributed by atoms with Crippen molar-refractivity contribution in [3.63, 3.8) is 0 Å². The van der Waals surface area contributed by atoms with Gasteiger partial charge in [-0.15, -0.1) is 0 Å². The van der Waals surface area contributed by atoms with Crippen LogP contribution in [0.1, 0.15) is 5.56 Å². The molecule has 5 heteroatoms. The normalized spacial score (nSPS) is 10.2. The van der Waals surface area contributed by atoms with Crippen molar-refractivity contribution >= 4 is 17.7 Å². The molecule has 0 radical (unpaired) electrons. The summed E-state index contributed by atoms with van der Waals surface area (Å²) in [7, 11) is 0. The van der Waals surface area contributed by atoms with E-state index in [1.54, 1.807) is 18.2 Å². The summed E-state index contributed by atoms with van der Waals surface area (Å²) in [5, 5.41) is 10.8. The number of hydrogen-bond acceptors (Lipinski definition) is 4. The van der Waals surface area contributed by atoms with Crippen LogP contribution in [0.25, 0.3) is 0 Å². The fourth-order valence-electron chi connectivity index (χ4n) is 1.41. The second-order valence-corrected chi connectivity index (χ2v) is 4.40. The van der Waals surface area contributed by atoms with E-state index in [1.165, 1.54) is 6.07 Å². The first-order chi connectivity index (χ1) is 8.77. The highest BCUT2D eigenvalue weighted by Crippen LogP contribution is 2.29. The molecule has 0 atom stereocenters. The molecule has 0 aliphatic heterocycles. The molecule has 2 rings (SSSR count). The first kappa shape index (κ1) is 12.6. The Kier molecular flexibility index (Phi) is 4.33. The van der Waals surface area contributed by atoms with Gasteiger partial charge in [0, 0.05) is 18.1 Å². The van der Waals surface area contributed by atoms with Gasteiger partial charge in [-0.2, -0.15) is 0 Å². The molecule has 0 unspecified atom stereocenters. The average molecular weight is 261 g/mol. The van der Waals surface area contributed by atoms with E-state index in [4.69, 9.17) is 4.18 Å². The third-order valence-electron chi connectivity index (χ3n) is 2.28. The lowest BCUT2D eigenvalue weighted by Gasteiger charge is -2.03. The van der Waals surface area contributed by atoms with Gasteiger partial charge in [0.15, 0.2) is 0 Å². The number of nitrogens with zero attached hydrogens (tertiary/aromatic N) is 1. The molecule has 0 aromatic heterocycles. The zero-order valence-electron chi connectivity index (χ0n) is 9.48. The smallest absolute Gasteiger partial charge is 0.285 e. The molecule has 18 heavy (non-hydrogen) atoms. The van der Waals surface area contributed by atoms with Crippen LogP contribution < -0.4 is 0 Å². The minimum atomic E-state index is -0.409. The molecular weight excluding hydrogens is 250 g/mol. The molecule has 0 spiro atoms. The van der Waals surface area contributed by atoms with Crippen LogP contribution in [-0.4, -0.2) is 4.92 Å². The van der Waals surface area contributed by atoms with E-state index in [9.17, 15) is 10.1 Å². The molecule has 0 fully saturated rings. The van der Waals surface area contributed by atoms with Crippen molar-refractivity contribution in [3.05, 3.63) is 70.3 Å². The summed E-state index contributed by atoms with van der Waals surface area (Å²) in [6.07, 6.45) is 0. The van der Waals surface area contributed by atoms with E-state index in [2.05, 4.69) is 0 Å². The predicted molar refractivity (Wildman–Crippen MR) is 70.2 cm³/mol. The minimum Gasteiger partial charge on any atom is -0.305 e. The molecule has 0 heterocycles. The summed E-state index contributed by atoms with van der Waals surface area (Å²) < 4.78 is 5.41. The third-order valence-corrected chi connectivity index (χ3v) is 3.04. The number of benzene rings is 2. The first-order valence-electron chi connectivity index (χ1n) is 5.34. The van der Waals surface area contributed by atoms with E-state index in [0.29, 0.717) is 11.5 Å². The summed E-state index contributed by atoms with van der Waals surface area (Å²) in [6, 6.07) is 16.2. The van der Waals surface area contributed by atoms with Crippen molar-refractivity contribution in [2.24, 2.45) is 0 Å².